The molecule has 0 radical (unpaired) electrons. The van der Waals surface area contributed by atoms with Gasteiger partial charge in [0.2, 0.25) is 10.0 Å². The number of anilines is 1. The van der Waals surface area contributed by atoms with Crippen molar-refractivity contribution in [1.29, 1.82) is 0 Å². The maximum atomic E-state index is 11.8. The Kier molecular flexibility index (Phi) is 7.80. The summed E-state index contributed by atoms with van der Waals surface area (Å²) in [5, 5.41) is 3.01. The summed E-state index contributed by atoms with van der Waals surface area (Å²) in [5.41, 5.74) is 0.781. The third kappa shape index (κ3) is 6.74. The van der Waals surface area contributed by atoms with Crippen molar-refractivity contribution in [2.24, 2.45) is 0 Å². The molecule has 20 heavy (non-hydrogen) atoms. The Morgan fingerprint density at radius 2 is 1.65 bits per heavy atom. The quantitative estimate of drug-likeness (QED) is 0.408. The minimum atomic E-state index is -4.43. The van der Waals surface area contributed by atoms with Gasteiger partial charge in [0.25, 0.3) is 0 Å². The van der Waals surface area contributed by atoms with Gasteiger partial charge in [0.05, 0.1) is 20.8 Å². The largest absolute Gasteiger partial charge is 1.00 e. The van der Waals surface area contributed by atoms with Gasteiger partial charge in [-0.25, -0.2) is 21.6 Å². The van der Waals surface area contributed by atoms with Crippen molar-refractivity contribution in [1.82, 2.24) is 4.72 Å². The van der Waals surface area contributed by atoms with Crippen LogP contribution in [0.1, 0.15) is 6.92 Å². The standard InChI is InChI=1S/C10H16N2O5S2.Li/c1-2-11-9-3-5-10(6-4-9)19(16,17)12-7-8-18(13,14)15;/h3-6,11-12H,2,7-8H2,1H3,(H,13,14,15);/q;+1/p-1. The molecule has 0 aliphatic heterocycles. The summed E-state index contributed by atoms with van der Waals surface area (Å²) in [6, 6.07) is 5.99. The Morgan fingerprint density at radius 1 is 1.10 bits per heavy atom. The zero-order valence-electron chi connectivity index (χ0n) is 11.3. The third-order valence-corrected chi connectivity index (χ3v) is 4.37. The number of sulfonamides is 1. The van der Waals surface area contributed by atoms with Crippen molar-refractivity contribution in [2.45, 2.75) is 11.8 Å². The summed E-state index contributed by atoms with van der Waals surface area (Å²) in [7, 11) is -8.23. The Hall–Kier alpha value is -0.563. The van der Waals surface area contributed by atoms with Gasteiger partial charge < -0.3 is 9.87 Å². The van der Waals surface area contributed by atoms with E-state index in [-0.39, 0.29) is 23.8 Å². The van der Waals surface area contributed by atoms with Crippen LogP contribution in [0.3, 0.4) is 0 Å². The van der Waals surface area contributed by atoms with Crippen molar-refractivity contribution in [2.75, 3.05) is 24.2 Å². The van der Waals surface area contributed by atoms with Crippen molar-refractivity contribution < 1.29 is 40.2 Å². The van der Waals surface area contributed by atoms with Crippen LogP contribution < -0.4 is 28.9 Å². The summed E-state index contributed by atoms with van der Waals surface area (Å²) in [4.78, 5) is 0.0115. The van der Waals surface area contributed by atoms with E-state index < -0.39 is 32.4 Å². The zero-order chi connectivity index (χ0) is 14.5. The summed E-state index contributed by atoms with van der Waals surface area (Å²) >= 11 is 0. The van der Waals surface area contributed by atoms with Gasteiger partial charge in [0.1, 0.15) is 0 Å². The SMILES string of the molecule is CCNc1ccc(S(=O)(=O)NCCS(=O)(=O)[O-])cc1.[Li+]. The Balaban J connectivity index is 0.00000361. The molecule has 10 heteroatoms. The molecular weight excluding hydrogens is 299 g/mol. The van der Waals surface area contributed by atoms with Gasteiger partial charge in [-0.2, -0.15) is 0 Å². The van der Waals surface area contributed by atoms with Crippen LogP contribution in [0.2, 0.25) is 0 Å². The van der Waals surface area contributed by atoms with E-state index in [9.17, 15) is 21.4 Å². The minimum Gasteiger partial charge on any atom is -0.748 e. The second kappa shape index (κ2) is 8.02. The predicted molar refractivity (Wildman–Crippen MR) is 70.4 cm³/mol. The summed E-state index contributed by atoms with van der Waals surface area (Å²) in [6.45, 7) is 2.18. The van der Waals surface area contributed by atoms with Gasteiger partial charge >= 0.3 is 18.9 Å². The molecule has 0 aliphatic rings. The van der Waals surface area contributed by atoms with Gasteiger partial charge in [-0.3, -0.25) is 0 Å². The van der Waals surface area contributed by atoms with Crippen molar-refractivity contribution in [3.05, 3.63) is 24.3 Å². The van der Waals surface area contributed by atoms with Crippen molar-refractivity contribution >= 4 is 25.8 Å². The second-order valence-electron chi connectivity index (χ2n) is 3.71. The van der Waals surface area contributed by atoms with Gasteiger partial charge in [-0.1, -0.05) is 0 Å². The molecule has 0 fully saturated rings. The van der Waals surface area contributed by atoms with E-state index in [1.165, 1.54) is 12.1 Å². The van der Waals surface area contributed by atoms with Crippen LogP contribution in [-0.2, 0) is 20.1 Å². The average molecular weight is 314 g/mol. The van der Waals surface area contributed by atoms with E-state index in [0.717, 1.165) is 5.69 Å². The van der Waals surface area contributed by atoms with Gasteiger partial charge in [0, 0.05) is 18.8 Å². The fourth-order valence-electron chi connectivity index (χ4n) is 1.34. The second-order valence-corrected chi connectivity index (χ2v) is 7.00. The number of hydrogen-bond acceptors (Lipinski definition) is 6. The summed E-state index contributed by atoms with van der Waals surface area (Å²) < 4.78 is 56.7. The molecule has 1 rings (SSSR count). The molecule has 108 valence electrons. The van der Waals surface area contributed by atoms with Crippen LogP contribution in [0, 0.1) is 0 Å². The Bertz CT molecular complexity index is 614. The molecule has 0 aromatic heterocycles. The first-order valence-electron chi connectivity index (χ1n) is 5.52. The van der Waals surface area contributed by atoms with Crippen molar-refractivity contribution in [3.63, 3.8) is 0 Å². The van der Waals surface area contributed by atoms with Crippen LogP contribution in [0.15, 0.2) is 29.2 Å². The number of benzene rings is 1. The van der Waals surface area contributed by atoms with Crippen LogP contribution in [0.25, 0.3) is 0 Å². The van der Waals surface area contributed by atoms with Gasteiger partial charge in [-0.15, -0.1) is 0 Å². The molecule has 0 spiro atoms. The normalized spacial score (nSPS) is 11.7. The predicted octanol–water partition coefficient (Wildman–Crippen LogP) is -3.05. The van der Waals surface area contributed by atoms with E-state index >= 15 is 0 Å². The Labute approximate surface area is 131 Å². The van der Waals surface area contributed by atoms with Gasteiger partial charge in [-0.05, 0) is 31.2 Å². The number of rotatable bonds is 7. The van der Waals surface area contributed by atoms with E-state index in [2.05, 4.69) is 10.0 Å². The number of nitrogens with one attached hydrogen (secondary N) is 2. The molecule has 1 aromatic rings. The monoisotopic (exact) mass is 314 g/mol. The zero-order valence-corrected chi connectivity index (χ0v) is 12.9. The first kappa shape index (κ1) is 19.4. The molecule has 2 N–H and O–H groups in total. The van der Waals surface area contributed by atoms with E-state index in [4.69, 9.17) is 0 Å². The molecule has 0 saturated carbocycles. The summed E-state index contributed by atoms with van der Waals surface area (Å²) in [5.74, 6) is -0.776. The molecule has 0 saturated heterocycles. The maximum Gasteiger partial charge on any atom is 1.00 e. The molecule has 1 aromatic carbocycles. The van der Waals surface area contributed by atoms with Crippen LogP contribution in [0.4, 0.5) is 5.69 Å². The van der Waals surface area contributed by atoms with E-state index in [1.54, 1.807) is 12.1 Å². The van der Waals surface area contributed by atoms with Crippen LogP contribution in [-0.4, -0.2) is 40.2 Å². The fourth-order valence-corrected chi connectivity index (χ4v) is 2.85. The average Bonchev–Trinajstić information content (AvgIpc) is 2.28. The first-order valence-corrected chi connectivity index (χ1v) is 8.58. The minimum absolute atomic E-state index is 0. The topological polar surface area (TPSA) is 115 Å². The fraction of sp³-hybridized carbons (Fsp3) is 0.400. The molecule has 0 bridgehead atoms. The molecular formula is C10H15LiN2O5S2. The van der Waals surface area contributed by atoms with Crippen LogP contribution in [0.5, 0.6) is 0 Å². The van der Waals surface area contributed by atoms with E-state index in [0.29, 0.717) is 6.54 Å². The number of hydrogen-bond donors (Lipinski definition) is 2. The Morgan fingerprint density at radius 3 is 2.10 bits per heavy atom. The molecule has 0 amide bonds. The molecule has 7 nitrogen and oxygen atoms in total. The smallest absolute Gasteiger partial charge is 0.748 e. The summed E-state index contributed by atoms with van der Waals surface area (Å²) in [6.07, 6.45) is 0. The van der Waals surface area contributed by atoms with Crippen LogP contribution >= 0.6 is 0 Å². The van der Waals surface area contributed by atoms with Crippen molar-refractivity contribution in [3.8, 4) is 0 Å². The molecule has 0 heterocycles. The van der Waals surface area contributed by atoms with Gasteiger partial charge in [0.15, 0.2) is 0 Å². The van der Waals surface area contributed by atoms with E-state index in [1.807, 2.05) is 6.92 Å². The molecule has 0 unspecified atom stereocenters. The molecule has 0 atom stereocenters. The maximum absolute atomic E-state index is 11.8. The molecule has 0 aliphatic carbocycles. The first-order chi connectivity index (χ1) is 8.74. The third-order valence-electron chi connectivity index (χ3n) is 2.19.